The van der Waals surface area contributed by atoms with Crippen molar-refractivity contribution in [1.29, 1.82) is 0 Å². The van der Waals surface area contributed by atoms with Crippen LogP contribution in [-0.2, 0) is 0 Å². The Labute approximate surface area is 90.9 Å². The number of aromatic nitrogens is 4. The molecule has 1 N–H and O–H groups in total. The van der Waals surface area contributed by atoms with Gasteiger partial charge in [-0.3, -0.25) is 0 Å². The van der Waals surface area contributed by atoms with Gasteiger partial charge in [0.25, 0.3) is 0 Å². The quantitative estimate of drug-likeness (QED) is 0.645. The maximum atomic E-state index is 13.0. The van der Waals surface area contributed by atoms with Gasteiger partial charge in [-0.1, -0.05) is 0 Å². The Balaban J connectivity index is 2.57. The van der Waals surface area contributed by atoms with Crippen LogP contribution in [0.2, 0.25) is 0 Å². The number of imidazole rings is 1. The number of nitrogens with one attached hydrogen (secondary N) is 1. The van der Waals surface area contributed by atoms with Crippen LogP contribution in [0, 0.1) is 15.5 Å². The monoisotopic (exact) mass is 308 g/mol. The van der Waals surface area contributed by atoms with Gasteiger partial charge in [-0.15, -0.1) is 0 Å². The van der Waals surface area contributed by atoms with Crippen LogP contribution < -0.4 is 0 Å². The molecule has 0 aliphatic heterocycles. The fourth-order valence-corrected chi connectivity index (χ4v) is 1.13. The molecule has 0 saturated heterocycles. The number of rotatable bonds is 1. The number of nitrogens with zero attached hydrogens (tertiary/aromatic N) is 3. The van der Waals surface area contributed by atoms with Crippen molar-refractivity contribution in [2.24, 2.45) is 0 Å². The van der Waals surface area contributed by atoms with Gasteiger partial charge in [0.15, 0.2) is 5.82 Å². The average molecular weight is 308 g/mol. The fourth-order valence-electron chi connectivity index (χ4n) is 0.888. The second kappa shape index (κ2) is 3.56. The minimum Gasteiger partial charge on any atom is -0.342 e. The van der Waals surface area contributed by atoms with E-state index in [-0.39, 0.29) is 15.2 Å². The molecule has 2 aromatic heterocycles. The summed E-state index contributed by atoms with van der Waals surface area (Å²) in [5.41, 5.74) is 0. The zero-order valence-corrected chi connectivity index (χ0v) is 8.79. The lowest BCUT2D eigenvalue weighted by atomic mass is 10.5. The van der Waals surface area contributed by atoms with Gasteiger partial charge >= 0.3 is 0 Å². The summed E-state index contributed by atoms with van der Waals surface area (Å²) in [4.78, 5) is 13.4. The summed E-state index contributed by atoms with van der Waals surface area (Å²) in [7, 11) is 0. The van der Waals surface area contributed by atoms with Crippen molar-refractivity contribution in [3.63, 3.8) is 0 Å². The Kier molecular flexibility index (Phi) is 2.40. The highest BCUT2D eigenvalue weighted by molar-refractivity contribution is 14.1. The summed E-state index contributed by atoms with van der Waals surface area (Å²) in [6.07, 6.45) is 2.97. The number of aromatic amines is 1. The predicted molar refractivity (Wildman–Crippen MR) is 52.2 cm³/mol. The van der Waals surface area contributed by atoms with Gasteiger partial charge in [-0.25, -0.2) is 4.98 Å². The molecule has 0 amide bonds. The summed E-state index contributed by atoms with van der Waals surface area (Å²) >= 11 is 1.50. The molecule has 72 valence electrons. The molecule has 2 rings (SSSR count). The van der Waals surface area contributed by atoms with Crippen LogP contribution in [0.25, 0.3) is 11.6 Å². The standard InChI is InChI=1S/C7H3F2IN4/c8-4-3(10)5(9)14-7(13-4)6-11-1-2-12-6/h1-2H,(H,11,12). The molecule has 0 radical (unpaired) electrons. The first-order chi connectivity index (χ1) is 6.68. The smallest absolute Gasteiger partial charge is 0.233 e. The van der Waals surface area contributed by atoms with E-state index < -0.39 is 11.9 Å². The molecule has 2 aromatic rings. The first-order valence-corrected chi connectivity index (χ1v) is 4.64. The van der Waals surface area contributed by atoms with Crippen LogP contribution in [0.4, 0.5) is 8.78 Å². The molecule has 0 unspecified atom stereocenters. The Morgan fingerprint density at radius 2 is 1.86 bits per heavy atom. The number of hydrogen-bond acceptors (Lipinski definition) is 3. The lowest BCUT2D eigenvalue weighted by Crippen LogP contribution is -2.01. The molecule has 0 spiro atoms. The van der Waals surface area contributed by atoms with Gasteiger partial charge < -0.3 is 4.98 Å². The highest BCUT2D eigenvalue weighted by atomic mass is 127. The van der Waals surface area contributed by atoms with E-state index in [9.17, 15) is 8.78 Å². The molecule has 14 heavy (non-hydrogen) atoms. The molecule has 7 heteroatoms. The van der Waals surface area contributed by atoms with Crippen molar-refractivity contribution in [1.82, 2.24) is 19.9 Å². The normalized spacial score (nSPS) is 10.5. The van der Waals surface area contributed by atoms with Gasteiger partial charge in [0, 0.05) is 12.4 Å². The first-order valence-electron chi connectivity index (χ1n) is 3.57. The van der Waals surface area contributed by atoms with E-state index in [2.05, 4.69) is 19.9 Å². The highest BCUT2D eigenvalue weighted by Gasteiger charge is 2.13. The average Bonchev–Trinajstić information content (AvgIpc) is 2.66. The van der Waals surface area contributed by atoms with Crippen molar-refractivity contribution >= 4 is 22.6 Å². The molecule has 0 aromatic carbocycles. The number of halogens is 3. The van der Waals surface area contributed by atoms with E-state index >= 15 is 0 Å². The van der Waals surface area contributed by atoms with Crippen molar-refractivity contribution in [3.8, 4) is 11.6 Å². The van der Waals surface area contributed by atoms with Gasteiger partial charge in [-0.05, 0) is 22.6 Å². The van der Waals surface area contributed by atoms with E-state index in [1.807, 2.05) is 0 Å². The van der Waals surface area contributed by atoms with E-state index in [1.54, 1.807) is 0 Å². The summed E-state index contributed by atoms with van der Waals surface area (Å²) < 4.78 is 25.8. The zero-order chi connectivity index (χ0) is 10.1. The lowest BCUT2D eigenvalue weighted by Gasteiger charge is -1.98. The summed E-state index contributed by atoms with van der Waals surface area (Å²) in [6.45, 7) is 0. The fraction of sp³-hybridized carbons (Fsp3) is 0. The first kappa shape index (κ1) is 9.44. The van der Waals surface area contributed by atoms with Crippen LogP contribution in [0.5, 0.6) is 0 Å². The van der Waals surface area contributed by atoms with Crippen LogP contribution in [-0.4, -0.2) is 19.9 Å². The Morgan fingerprint density at radius 3 is 2.36 bits per heavy atom. The van der Waals surface area contributed by atoms with Crippen molar-refractivity contribution in [2.75, 3.05) is 0 Å². The van der Waals surface area contributed by atoms with Crippen LogP contribution >= 0.6 is 22.6 Å². The molecule has 0 atom stereocenters. The van der Waals surface area contributed by atoms with Gasteiger partial charge in [0.2, 0.25) is 17.7 Å². The second-order valence-corrected chi connectivity index (χ2v) is 3.46. The molecule has 0 bridgehead atoms. The van der Waals surface area contributed by atoms with Crippen LogP contribution in [0.3, 0.4) is 0 Å². The maximum Gasteiger partial charge on any atom is 0.233 e. The third-order valence-corrected chi connectivity index (χ3v) is 2.37. The third-order valence-electron chi connectivity index (χ3n) is 1.48. The number of hydrogen-bond donors (Lipinski definition) is 1. The molecule has 4 nitrogen and oxygen atoms in total. The largest absolute Gasteiger partial charge is 0.342 e. The third kappa shape index (κ3) is 1.59. The second-order valence-electron chi connectivity index (χ2n) is 2.38. The molecule has 0 fully saturated rings. The van der Waals surface area contributed by atoms with Gasteiger partial charge in [-0.2, -0.15) is 18.7 Å². The zero-order valence-electron chi connectivity index (χ0n) is 6.63. The Morgan fingerprint density at radius 1 is 1.21 bits per heavy atom. The van der Waals surface area contributed by atoms with Crippen molar-refractivity contribution in [2.45, 2.75) is 0 Å². The SMILES string of the molecule is Fc1nc(-c2ncc[nH]2)nc(F)c1I. The van der Waals surface area contributed by atoms with E-state index in [0.29, 0.717) is 0 Å². The topological polar surface area (TPSA) is 54.5 Å². The van der Waals surface area contributed by atoms with Crippen LogP contribution in [0.1, 0.15) is 0 Å². The van der Waals surface area contributed by atoms with E-state index in [0.717, 1.165) is 0 Å². The molecule has 0 aliphatic carbocycles. The minimum absolute atomic E-state index is 0.0922. The van der Waals surface area contributed by atoms with Gasteiger partial charge in [0.1, 0.15) is 3.57 Å². The van der Waals surface area contributed by atoms with E-state index in [4.69, 9.17) is 0 Å². The molecule has 0 saturated carbocycles. The summed E-state index contributed by atoms with van der Waals surface area (Å²) in [5.74, 6) is -1.63. The minimum atomic E-state index is -0.885. The molecule has 2 heterocycles. The maximum absolute atomic E-state index is 13.0. The Hall–Kier alpha value is -1.12. The Bertz CT molecular complexity index is 434. The van der Waals surface area contributed by atoms with Crippen LogP contribution in [0.15, 0.2) is 12.4 Å². The lowest BCUT2D eigenvalue weighted by molar-refractivity contribution is 0.514. The van der Waals surface area contributed by atoms with Gasteiger partial charge in [0.05, 0.1) is 0 Å². The summed E-state index contributed by atoms with van der Waals surface area (Å²) in [6, 6.07) is 0. The predicted octanol–water partition coefficient (Wildman–Crippen LogP) is 1.75. The molecular formula is C7H3F2IN4. The van der Waals surface area contributed by atoms with Crippen molar-refractivity contribution < 1.29 is 8.78 Å². The summed E-state index contributed by atoms with van der Waals surface area (Å²) in [5, 5.41) is 0. The molecular weight excluding hydrogens is 305 g/mol. The number of H-pyrrole nitrogens is 1. The highest BCUT2D eigenvalue weighted by Crippen LogP contribution is 2.15. The van der Waals surface area contributed by atoms with E-state index in [1.165, 1.54) is 35.0 Å². The molecule has 0 aliphatic rings. The van der Waals surface area contributed by atoms with Crippen molar-refractivity contribution in [3.05, 3.63) is 27.9 Å².